The van der Waals surface area contributed by atoms with Crippen molar-refractivity contribution in [3.8, 4) is 0 Å². The van der Waals surface area contributed by atoms with Crippen molar-refractivity contribution < 1.29 is 9.59 Å². The van der Waals surface area contributed by atoms with Gasteiger partial charge in [0.25, 0.3) is 0 Å². The van der Waals surface area contributed by atoms with Crippen molar-refractivity contribution in [2.45, 2.75) is 64.2 Å². The van der Waals surface area contributed by atoms with Gasteiger partial charge < -0.3 is 11.1 Å². The summed E-state index contributed by atoms with van der Waals surface area (Å²) in [7, 11) is 1.68. The van der Waals surface area contributed by atoms with Crippen molar-refractivity contribution in [1.82, 2.24) is 5.32 Å². The molecule has 0 aromatic carbocycles. The summed E-state index contributed by atoms with van der Waals surface area (Å²) >= 11 is 0. The second kappa shape index (κ2) is 5.51. The van der Waals surface area contributed by atoms with E-state index in [1.54, 1.807) is 7.05 Å². The zero-order chi connectivity index (χ0) is 13.9. The Labute approximate surface area is 115 Å². The second-order valence-electron chi connectivity index (χ2n) is 6.23. The monoisotopic (exact) mass is 266 g/mol. The van der Waals surface area contributed by atoms with Crippen molar-refractivity contribution in [2.24, 2.45) is 16.6 Å². The molecule has 2 rings (SSSR count). The van der Waals surface area contributed by atoms with Crippen LogP contribution < -0.4 is 11.1 Å². The fourth-order valence-electron chi connectivity index (χ4n) is 4.43. The molecule has 108 valence electrons. The van der Waals surface area contributed by atoms with Gasteiger partial charge in [-0.05, 0) is 25.7 Å². The lowest BCUT2D eigenvalue weighted by Gasteiger charge is -2.51. The van der Waals surface area contributed by atoms with Gasteiger partial charge in [0.1, 0.15) is 0 Å². The van der Waals surface area contributed by atoms with Crippen LogP contribution >= 0.6 is 0 Å². The largest absolute Gasteiger partial charge is 0.369 e. The molecule has 0 bridgehead atoms. The quantitative estimate of drug-likeness (QED) is 0.821. The molecular weight excluding hydrogens is 240 g/mol. The van der Waals surface area contributed by atoms with E-state index < -0.39 is 10.8 Å². The lowest BCUT2D eigenvalue weighted by Crippen LogP contribution is -2.59. The van der Waals surface area contributed by atoms with Crippen LogP contribution in [0.15, 0.2) is 0 Å². The molecule has 0 spiro atoms. The third kappa shape index (κ3) is 2.15. The van der Waals surface area contributed by atoms with Crippen molar-refractivity contribution >= 4 is 11.8 Å². The van der Waals surface area contributed by atoms with Crippen LogP contribution in [0.5, 0.6) is 0 Å². The molecule has 0 radical (unpaired) electrons. The van der Waals surface area contributed by atoms with Gasteiger partial charge in [-0.2, -0.15) is 0 Å². The van der Waals surface area contributed by atoms with Crippen molar-refractivity contribution in [2.75, 3.05) is 7.05 Å². The minimum absolute atomic E-state index is 0.0351. The summed E-state index contributed by atoms with van der Waals surface area (Å²) in [6.07, 6.45) is 9.61. The smallest absolute Gasteiger partial charge is 0.227 e. The lowest BCUT2D eigenvalue weighted by molar-refractivity contribution is -0.158. The number of amides is 2. The number of hydrogen-bond acceptors (Lipinski definition) is 2. The van der Waals surface area contributed by atoms with Crippen molar-refractivity contribution in [1.29, 1.82) is 0 Å². The van der Waals surface area contributed by atoms with E-state index in [1.807, 2.05) is 0 Å². The summed E-state index contributed by atoms with van der Waals surface area (Å²) in [4.78, 5) is 24.8. The molecule has 3 N–H and O–H groups in total. The van der Waals surface area contributed by atoms with Gasteiger partial charge in [0, 0.05) is 7.05 Å². The van der Waals surface area contributed by atoms with Crippen LogP contribution in [0.3, 0.4) is 0 Å². The van der Waals surface area contributed by atoms with E-state index in [4.69, 9.17) is 5.73 Å². The molecular formula is C15H26N2O2. The third-order valence-corrected chi connectivity index (χ3v) is 5.46. The minimum Gasteiger partial charge on any atom is -0.369 e. The SMILES string of the molecule is CNC(=O)C1(C2(C(N)=O)CCCCC2)CCCCC1. The molecule has 2 aliphatic rings. The van der Waals surface area contributed by atoms with Crippen molar-refractivity contribution in [3.05, 3.63) is 0 Å². The molecule has 4 heteroatoms. The van der Waals surface area contributed by atoms with Crippen LogP contribution in [-0.2, 0) is 9.59 Å². The fraction of sp³-hybridized carbons (Fsp3) is 0.867. The first-order chi connectivity index (χ1) is 9.09. The van der Waals surface area contributed by atoms with Crippen LogP contribution in [0.4, 0.5) is 0 Å². The average Bonchev–Trinajstić information content (AvgIpc) is 2.47. The average molecular weight is 266 g/mol. The molecule has 0 aliphatic heterocycles. The van der Waals surface area contributed by atoms with Crippen LogP contribution in [0.1, 0.15) is 64.2 Å². The Bertz CT molecular complexity index is 353. The normalized spacial score (nSPS) is 25.5. The maximum absolute atomic E-state index is 12.6. The molecule has 0 aromatic rings. The maximum Gasteiger partial charge on any atom is 0.227 e. The number of rotatable bonds is 3. The van der Waals surface area contributed by atoms with E-state index in [1.165, 1.54) is 0 Å². The molecule has 4 nitrogen and oxygen atoms in total. The van der Waals surface area contributed by atoms with Crippen molar-refractivity contribution in [3.63, 3.8) is 0 Å². The molecule has 0 atom stereocenters. The van der Waals surface area contributed by atoms with Crippen LogP contribution in [0, 0.1) is 10.8 Å². The summed E-state index contributed by atoms with van der Waals surface area (Å²) < 4.78 is 0. The third-order valence-electron chi connectivity index (χ3n) is 5.46. The Morgan fingerprint density at radius 2 is 1.26 bits per heavy atom. The van der Waals surface area contributed by atoms with E-state index >= 15 is 0 Å². The summed E-state index contributed by atoms with van der Waals surface area (Å²) in [5, 5.41) is 2.81. The Kier molecular flexibility index (Phi) is 4.16. The molecule has 2 aliphatic carbocycles. The first-order valence-electron chi connectivity index (χ1n) is 7.61. The van der Waals surface area contributed by atoms with E-state index in [2.05, 4.69) is 5.32 Å². The fourth-order valence-corrected chi connectivity index (χ4v) is 4.43. The summed E-state index contributed by atoms with van der Waals surface area (Å²) in [5.41, 5.74) is 4.64. The maximum atomic E-state index is 12.6. The zero-order valence-electron chi connectivity index (χ0n) is 12.0. The van der Waals surface area contributed by atoms with Crippen LogP contribution in [-0.4, -0.2) is 18.9 Å². The van der Waals surface area contributed by atoms with Gasteiger partial charge in [-0.15, -0.1) is 0 Å². The first-order valence-corrected chi connectivity index (χ1v) is 7.61. The van der Waals surface area contributed by atoms with Crippen LogP contribution in [0.2, 0.25) is 0 Å². The van der Waals surface area contributed by atoms with Gasteiger partial charge in [-0.1, -0.05) is 38.5 Å². The van der Waals surface area contributed by atoms with Gasteiger partial charge in [0.15, 0.2) is 0 Å². The minimum atomic E-state index is -0.605. The molecule has 19 heavy (non-hydrogen) atoms. The summed E-state index contributed by atoms with van der Waals surface area (Å²) in [6, 6.07) is 0. The standard InChI is InChI=1S/C15H26N2O2/c1-17-13(19)15(10-6-3-7-11-15)14(12(16)18)8-4-2-5-9-14/h2-11H2,1H3,(H2,16,18)(H,17,19). The first kappa shape index (κ1) is 14.4. The number of carbonyl (C=O) groups excluding carboxylic acids is 2. The number of nitrogens with two attached hydrogens (primary N) is 1. The topological polar surface area (TPSA) is 72.2 Å². The number of carbonyl (C=O) groups is 2. The molecule has 2 fully saturated rings. The predicted molar refractivity (Wildman–Crippen MR) is 74.3 cm³/mol. The zero-order valence-corrected chi connectivity index (χ0v) is 12.0. The predicted octanol–water partition coefficient (Wildman–Crippen LogP) is 2.12. The Morgan fingerprint density at radius 1 is 0.842 bits per heavy atom. The number of primary amides is 1. The summed E-state index contributed by atoms with van der Waals surface area (Å²) in [6.45, 7) is 0. The number of hydrogen-bond donors (Lipinski definition) is 2. The molecule has 0 saturated heterocycles. The van der Waals surface area contributed by atoms with E-state index in [0.29, 0.717) is 0 Å². The van der Waals surface area contributed by atoms with Gasteiger partial charge in [-0.25, -0.2) is 0 Å². The molecule has 2 saturated carbocycles. The Morgan fingerprint density at radius 3 is 1.63 bits per heavy atom. The Balaban J connectivity index is 2.43. The van der Waals surface area contributed by atoms with Gasteiger partial charge in [0.05, 0.1) is 10.8 Å². The molecule has 2 amide bonds. The molecule has 0 heterocycles. The lowest BCUT2D eigenvalue weighted by atomic mass is 9.51. The highest BCUT2D eigenvalue weighted by Crippen LogP contribution is 2.56. The van der Waals surface area contributed by atoms with Gasteiger partial charge in [0.2, 0.25) is 11.8 Å². The van der Waals surface area contributed by atoms with Crippen LogP contribution in [0.25, 0.3) is 0 Å². The summed E-state index contributed by atoms with van der Waals surface area (Å²) in [5.74, 6) is -0.217. The Hall–Kier alpha value is -1.06. The second-order valence-corrected chi connectivity index (χ2v) is 6.23. The molecule has 0 unspecified atom stereocenters. The number of nitrogens with one attached hydrogen (secondary N) is 1. The van der Waals surface area contributed by atoms with E-state index in [9.17, 15) is 9.59 Å². The van der Waals surface area contributed by atoms with Gasteiger partial charge in [-0.3, -0.25) is 9.59 Å². The van der Waals surface area contributed by atoms with Gasteiger partial charge >= 0.3 is 0 Å². The highest BCUT2D eigenvalue weighted by atomic mass is 16.2. The van der Waals surface area contributed by atoms with E-state index in [0.717, 1.165) is 64.2 Å². The molecule has 0 aromatic heterocycles. The highest BCUT2D eigenvalue weighted by Gasteiger charge is 2.59. The highest BCUT2D eigenvalue weighted by molar-refractivity contribution is 5.93. The van der Waals surface area contributed by atoms with E-state index in [-0.39, 0.29) is 11.8 Å².